The maximum atomic E-state index is 12.2. The van der Waals surface area contributed by atoms with Gasteiger partial charge in [-0.25, -0.2) is 0 Å². The molecular formula is C13H21N3O. The predicted octanol–water partition coefficient (Wildman–Crippen LogP) is 1.22. The standard InChI is InChI=1S/C13H21N3O/c1-3-9-7-10(16(2)15-9)8-13(17)11-5-4-6-12(11)14/h7,11-12H,3-6,8,14H2,1-2H3. The number of Topliss-reactive ketones (excluding diaryl/α,β-unsaturated/α-hetero) is 1. The molecule has 0 spiro atoms. The van der Waals surface area contributed by atoms with Gasteiger partial charge in [0.2, 0.25) is 0 Å². The fourth-order valence-electron chi connectivity index (χ4n) is 2.61. The lowest BCUT2D eigenvalue weighted by Gasteiger charge is -2.13. The number of hydrogen-bond acceptors (Lipinski definition) is 3. The minimum absolute atomic E-state index is 0.0648. The van der Waals surface area contributed by atoms with Crippen LogP contribution in [0.2, 0.25) is 0 Å². The maximum absolute atomic E-state index is 12.2. The van der Waals surface area contributed by atoms with Crippen molar-refractivity contribution in [1.82, 2.24) is 9.78 Å². The number of nitrogens with zero attached hydrogens (tertiary/aromatic N) is 2. The first-order valence-electron chi connectivity index (χ1n) is 6.42. The van der Waals surface area contributed by atoms with E-state index in [2.05, 4.69) is 12.0 Å². The minimum Gasteiger partial charge on any atom is -0.327 e. The van der Waals surface area contributed by atoms with Crippen LogP contribution < -0.4 is 5.73 Å². The SMILES string of the molecule is CCc1cc(CC(=O)C2CCCC2N)n(C)n1. The number of aryl methyl sites for hydroxylation is 2. The molecular weight excluding hydrogens is 214 g/mol. The topological polar surface area (TPSA) is 60.9 Å². The summed E-state index contributed by atoms with van der Waals surface area (Å²) in [7, 11) is 1.90. The van der Waals surface area contributed by atoms with Gasteiger partial charge >= 0.3 is 0 Å². The van der Waals surface area contributed by atoms with Crippen LogP contribution in [0.3, 0.4) is 0 Å². The largest absolute Gasteiger partial charge is 0.327 e. The second-order valence-corrected chi connectivity index (χ2v) is 4.95. The van der Waals surface area contributed by atoms with Gasteiger partial charge in [0.1, 0.15) is 5.78 Å². The highest BCUT2D eigenvalue weighted by atomic mass is 16.1. The third-order valence-electron chi connectivity index (χ3n) is 3.73. The first kappa shape index (κ1) is 12.3. The third-order valence-corrected chi connectivity index (χ3v) is 3.73. The normalized spacial score (nSPS) is 24.2. The Balaban J connectivity index is 2.04. The molecule has 0 aromatic carbocycles. The molecule has 4 nitrogen and oxygen atoms in total. The van der Waals surface area contributed by atoms with E-state index in [-0.39, 0.29) is 17.7 Å². The van der Waals surface area contributed by atoms with Gasteiger partial charge in [-0.3, -0.25) is 9.48 Å². The summed E-state index contributed by atoms with van der Waals surface area (Å²) < 4.78 is 1.82. The molecule has 0 bridgehead atoms. The smallest absolute Gasteiger partial charge is 0.143 e. The van der Waals surface area contributed by atoms with E-state index in [0.717, 1.165) is 37.1 Å². The predicted molar refractivity (Wildman–Crippen MR) is 66.6 cm³/mol. The quantitative estimate of drug-likeness (QED) is 0.853. The van der Waals surface area contributed by atoms with Crippen LogP contribution in [0.25, 0.3) is 0 Å². The molecule has 1 fully saturated rings. The zero-order valence-electron chi connectivity index (χ0n) is 10.6. The third kappa shape index (κ3) is 2.57. The zero-order chi connectivity index (χ0) is 12.4. The molecule has 2 rings (SSSR count). The van der Waals surface area contributed by atoms with Crippen molar-refractivity contribution in [3.05, 3.63) is 17.5 Å². The van der Waals surface area contributed by atoms with Crippen molar-refractivity contribution in [1.29, 1.82) is 0 Å². The molecule has 1 aromatic rings. The first-order chi connectivity index (χ1) is 8.11. The van der Waals surface area contributed by atoms with Crippen LogP contribution in [0.15, 0.2) is 6.07 Å². The van der Waals surface area contributed by atoms with Gasteiger partial charge in [-0.1, -0.05) is 13.3 Å². The van der Waals surface area contributed by atoms with E-state index in [1.165, 1.54) is 0 Å². The molecule has 0 aliphatic heterocycles. The summed E-state index contributed by atoms with van der Waals surface area (Å²) in [5.41, 5.74) is 8.01. The summed E-state index contributed by atoms with van der Waals surface area (Å²) in [6.07, 6.45) is 4.41. The lowest BCUT2D eigenvalue weighted by molar-refractivity contribution is -0.122. The average Bonchev–Trinajstić information content (AvgIpc) is 2.86. The summed E-state index contributed by atoms with van der Waals surface area (Å²) in [5.74, 6) is 0.343. The van der Waals surface area contributed by atoms with Crippen LogP contribution in [0.5, 0.6) is 0 Å². The molecule has 1 aliphatic rings. The van der Waals surface area contributed by atoms with Crippen LogP contribution in [0.4, 0.5) is 0 Å². The second-order valence-electron chi connectivity index (χ2n) is 4.95. The van der Waals surface area contributed by atoms with E-state index in [0.29, 0.717) is 6.42 Å². The van der Waals surface area contributed by atoms with E-state index in [9.17, 15) is 4.79 Å². The Bertz CT molecular complexity index is 411. The molecule has 0 saturated heterocycles. The van der Waals surface area contributed by atoms with Gasteiger partial charge in [-0.2, -0.15) is 5.10 Å². The molecule has 4 heteroatoms. The van der Waals surface area contributed by atoms with Gasteiger partial charge in [0, 0.05) is 31.1 Å². The van der Waals surface area contributed by atoms with E-state index in [1.807, 2.05) is 17.8 Å². The van der Waals surface area contributed by atoms with Crippen LogP contribution in [0.1, 0.15) is 37.6 Å². The Hall–Kier alpha value is -1.16. The van der Waals surface area contributed by atoms with Crippen molar-refractivity contribution in [2.75, 3.05) is 0 Å². The molecule has 94 valence electrons. The molecule has 1 heterocycles. The van der Waals surface area contributed by atoms with E-state index >= 15 is 0 Å². The van der Waals surface area contributed by atoms with Gasteiger partial charge in [-0.15, -0.1) is 0 Å². The van der Waals surface area contributed by atoms with Crippen molar-refractivity contribution >= 4 is 5.78 Å². The fraction of sp³-hybridized carbons (Fsp3) is 0.692. The lowest BCUT2D eigenvalue weighted by Crippen LogP contribution is -2.31. The van der Waals surface area contributed by atoms with E-state index in [1.54, 1.807) is 0 Å². The summed E-state index contributed by atoms with van der Waals surface area (Å²) in [6.45, 7) is 2.07. The Morgan fingerprint density at radius 3 is 2.88 bits per heavy atom. The monoisotopic (exact) mass is 235 g/mol. The lowest BCUT2D eigenvalue weighted by atomic mass is 9.95. The van der Waals surface area contributed by atoms with Crippen molar-refractivity contribution < 1.29 is 4.79 Å². The Morgan fingerprint density at radius 1 is 1.59 bits per heavy atom. The number of ketones is 1. The number of hydrogen-bond donors (Lipinski definition) is 1. The first-order valence-corrected chi connectivity index (χ1v) is 6.42. The summed E-state index contributed by atoms with van der Waals surface area (Å²) >= 11 is 0. The van der Waals surface area contributed by atoms with E-state index in [4.69, 9.17) is 5.73 Å². The Labute approximate surface area is 102 Å². The molecule has 0 amide bonds. The second kappa shape index (κ2) is 5.00. The van der Waals surface area contributed by atoms with Gasteiger partial charge in [0.05, 0.1) is 5.69 Å². The molecule has 2 N–H and O–H groups in total. The van der Waals surface area contributed by atoms with Crippen molar-refractivity contribution in [2.45, 2.75) is 45.1 Å². The van der Waals surface area contributed by atoms with Crippen molar-refractivity contribution in [3.63, 3.8) is 0 Å². The van der Waals surface area contributed by atoms with Crippen molar-refractivity contribution in [2.24, 2.45) is 18.7 Å². The zero-order valence-corrected chi connectivity index (χ0v) is 10.6. The Morgan fingerprint density at radius 2 is 2.35 bits per heavy atom. The van der Waals surface area contributed by atoms with Gasteiger partial charge in [0.25, 0.3) is 0 Å². The van der Waals surface area contributed by atoms with Gasteiger partial charge in [-0.05, 0) is 25.3 Å². The number of carbonyl (C=O) groups excluding carboxylic acids is 1. The number of nitrogens with two attached hydrogens (primary N) is 1. The molecule has 0 radical (unpaired) electrons. The fourth-order valence-corrected chi connectivity index (χ4v) is 2.61. The van der Waals surface area contributed by atoms with E-state index < -0.39 is 0 Å². The highest BCUT2D eigenvalue weighted by Crippen LogP contribution is 2.25. The molecule has 1 saturated carbocycles. The maximum Gasteiger partial charge on any atom is 0.143 e. The molecule has 1 aliphatic carbocycles. The van der Waals surface area contributed by atoms with Crippen LogP contribution in [-0.2, 0) is 24.7 Å². The molecule has 1 aromatic heterocycles. The minimum atomic E-state index is 0.0648. The highest BCUT2D eigenvalue weighted by Gasteiger charge is 2.30. The van der Waals surface area contributed by atoms with Crippen LogP contribution in [0, 0.1) is 5.92 Å². The van der Waals surface area contributed by atoms with Crippen LogP contribution in [-0.4, -0.2) is 21.6 Å². The summed E-state index contributed by atoms with van der Waals surface area (Å²) in [4.78, 5) is 12.2. The summed E-state index contributed by atoms with van der Waals surface area (Å²) in [5, 5.41) is 4.36. The van der Waals surface area contributed by atoms with Crippen LogP contribution >= 0.6 is 0 Å². The van der Waals surface area contributed by atoms with Crippen molar-refractivity contribution in [3.8, 4) is 0 Å². The molecule has 2 atom stereocenters. The molecule has 17 heavy (non-hydrogen) atoms. The average molecular weight is 235 g/mol. The molecule has 2 unspecified atom stereocenters. The van der Waals surface area contributed by atoms with Gasteiger partial charge < -0.3 is 5.73 Å². The number of aromatic nitrogens is 2. The number of carbonyl (C=O) groups is 1. The number of rotatable bonds is 4. The highest BCUT2D eigenvalue weighted by molar-refractivity contribution is 5.83. The Kier molecular flexibility index (Phi) is 3.62. The summed E-state index contributed by atoms with van der Waals surface area (Å²) in [6, 6.07) is 2.10. The van der Waals surface area contributed by atoms with Gasteiger partial charge in [0.15, 0.2) is 0 Å².